The fraction of sp³-hybridized carbons (Fsp3) is 0.385. The molecule has 1 aliphatic heterocycles. The standard InChI is InChI=1S/C26H29N7O4S/c1-16-22(24(38-32-16)31-20-13-17(14-27)7-10-28-20)23(34)30-18-5-6-21(29-15-18)36-19-8-11-33(12-9-19)25(35)37-26(2,3)4/h5-7,10,13,15,19H,8-9,11-12H2,1-4H3,(H,28,31)(H,30,34). The van der Waals surface area contributed by atoms with Gasteiger partial charge in [-0.05, 0) is 57.4 Å². The van der Waals surface area contributed by atoms with Gasteiger partial charge in [-0.25, -0.2) is 14.8 Å². The van der Waals surface area contributed by atoms with E-state index < -0.39 is 5.60 Å². The molecule has 3 aromatic heterocycles. The van der Waals surface area contributed by atoms with E-state index in [-0.39, 0.29) is 18.1 Å². The van der Waals surface area contributed by atoms with Gasteiger partial charge in [0.1, 0.15) is 22.5 Å². The van der Waals surface area contributed by atoms with Gasteiger partial charge in [0, 0.05) is 38.2 Å². The van der Waals surface area contributed by atoms with Crippen molar-refractivity contribution in [3.8, 4) is 11.9 Å². The molecule has 0 unspecified atom stereocenters. The van der Waals surface area contributed by atoms with Crippen LogP contribution in [-0.4, -0.2) is 56.0 Å². The molecule has 0 radical (unpaired) electrons. The molecule has 0 saturated carbocycles. The smallest absolute Gasteiger partial charge is 0.410 e. The molecule has 1 aliphatic rings. The van der Waals surface area contributed by atoms with Crippen molar-refractivity contribution in [1.29, 1.82) is 5.26 Å². The molecule has 3 aromatic rings. The third kappa shape index (κ3) is 6.95. The normalized spacial score (nSPS) is 13.9. The van der Waals surface area contributed by atoms with Gasteiger partial charge in [-0.3, -0.25) is 4.79 Å². The fourth-order valence-electron chi connectivity index (χ4n) is 3.78. The Kier molecular flexibility index (Phi) is 8.07. The van der Waals surface area contributed by atoms with Crippen molar-refractivity contribution in [3.63, 3.8) is 0 Å². The largest absolute Gasteiger partial charge is 0.474 e. The van der Waals surface area contributed by atoms with Crippen LogP contribution in [0.1, 0.15) is 55.2 Å². The minimum atomic E-state index is -0.524. The van der Waals surface area contributed by atoms with Gasteiger partial charge < -0.3 is 25.0 Å². The third-order valence-corrected chi connectivity index (χ3v) is 6.45. The number of aromatic nitrogens is 3. The van der Waals surface area contributed by atoms with E-state index in [0.29, 0.717) is 65.1 Å². The molecule has 0 aliphatic carbocycles. The number of nitriles is 1. The summed E-state index contributed by atoms with van der Waals surface area (Å²) in [6, 6.07) is 8.68. The average molecular weight is 536 g/mol. The van der Waals surface area contributed by atoms with Crippen LogP contribution in [0.15, 0.2) is 36.7 Å². The number of nitrogens with zero attached hydrogens (tertiary/aromatic N) is 5. The number of aryl methyl sites for hydroxylation is 1. The number of piperidine rings is 1. The Balaban J connectivity index is 1.32. The molecule has 198 valence electrons. The molecule has 4 rings (SSSR count). The second kappa shape index (κ2) is 11.4. The Morgan fingerprint density at radius 2 is 1.95 bits per heavy atom. The summed E-state index contributed by atoms with van der Waals surface area (Å²) in [5.41, 5.74) is 1.39. The topological polar surface area (TPSA) is 142 Å². The van der Waals surface area contributed by atoms with Crippen LogP contribution in [0, 0.1) is 18.3 Å². The van der Waals surface area contributed by atoms with Gasteiger partial charge in [0.15, 0.2) is 0 Å². The van der Waals surface area contributed by atoms with Crippen molar-refractivity contribution in [1.82, 2.24) is 19.2 Å². The summed E-state index contributed by atoms with van der Waals surface area (Å²) in [6.07, 6.45) is 4.02. The molecule has 38 heavy (non-hydrogen) atoms. The first-order chi connectivity index (χ1) is 18.1. The maximum Gasteiger partial charge on any atom is 0.410 e. The number of nitrogens with one attached hydrogen (secondary N) is 2. The summed E-state index contributed by atoms with van der Waals surface area (Å²) >= 11 is 1.14. The molecule has 0 spiro atoms. The van der Waals surface area contributed by atoms with Crippen molar-refractivity contribution >= 4 is 40.0 Å². The fourth-order valence-corrected chi connectivity index (χ4v) is 4.58. The lowest BCUT2D eigenvalue weighted by atomic mass is 10.1. The zero-order valence-corrected chi connectivity index (χ0v) is 22.5. The predicted octanol–water partition coefficient (Wildman–Crippen LogP) is 4.89. The van der Waals surface area contributed by atoms with Gasteiger partial charge >= 0.3 is 6.09 Å². The van der Waals surface area contributed by atoms with E-state index in [1.807, 2.05) is 20.8 Å². The number of carbonyl (C=O) groups is 2. The van der Waals surface area contributed by atoms with Crippen LogP contribution in [0.5, 0.6) is 5.88 Å². The number of likely N-dealkylation sites (tertiary alicyclic amines) is 1. The SMILES string of the molecule is Cc1nsc(Nc2cc(C#N)ccn2)c1C(=O)Nc1ccc(OC2CCN(C(=O)OC(C)(C)C)CC2)nc1. The molecule has 4 heterocycles. The van der Waals surface area contributed by atoms with Crippen LogP contribution >= 0.6 is 11.5 Å². The first-order valence-corrected chi connectivity index (χ1v) is 12.9. The van der Waals surface area contributed by atoms with Crippen LogP contribution in [-0.2, 0) is 4.74 Å². The number of amides is 2. The number of ether oxygens (including phenoxy) is 2. The molecule has 1 fully saturated rings. The van der Waals surface area contributed by atoms with Gasteiger partial charge in [0.2, 0.25) is 5.88 Å². The van der Waals surface area contributed by atoms with Crippen LogP contribution in [0.2, 0.25) is 0 Å². The van der Waals surface area contributed by atoms with E-state index in [1.54, 1.807) is 36.1 Å². The zero-order valence-electron chi connectivity index (χ0n) is 21.6. The lowest BCUT2D eigenvalue weighted by Crippen LogP contribution is -2.44. The molecular weight excluding hydrogens is 506 g/mol. The maximum atomic E-state index is 13.0. The third-order valence-electron chi connectivity index (χ3n) is 5.60. The Morgan fingerprint density at radius 3 is 2.61 bits per heavy atom. The Bertz CT molecular complexity index is 1340. The summed E-state index contributed by atoms with van der Waals surface area (Å²) in [7, 11) is 0. The first kappa shape index (κ1) is 26.8. The second-order valence-electron chi connectivity index (χ2n) is 9.76. The highest BCUT2D eigenvalue weighted by atomic mass is 32.1. The Morgan fingerprint density at radius 1 is 1.18 bits per heavy atom. The molecule has 12 heteroatoms. The molecule has 0 aromatic carbocycles. The zero-order chi connectivity index (χ0) is 27.3. The lowest BCUT2D eigenvalue weighted by Gasteiger charge is -2.33. The molecular formula is C26H29N7O4S. The number of pyridine rings is 2. The molecule has 0 bridgehead atoms. The monoisotopic (exact) mass is 535 g/mol. The number of carbonyl (C=O) groups excluding carboxylic acids is 2. The molecule has 2 amide bonds. The van der Waals surface area contributed by atoms with Gasteiger partial charge in [-0.15, -0.1) is 0 Å². The number of hydrogen-bond acceptors (Lipinski definition) is 10. The van der Waals surface area contributed by atoms with Crippen molar-refractivity contribution < 1.29 is 19.1 Å². The maximum absolute atomic E-state index is 13.0. The minimum absolute atomic E-state index is 0.0667. The van der Waals surface area contributed by atoms with Gasteiger partial charge in [0.25, 0.3) is 5.91 Å². The minimum Gasteiger partial charge on any atom is -0.474 e. The molecule has 11 nitrogen and oxygen atoms in total. The van der Waals surface area contributed by atoms with E-state index in [1.165, 1.54) is 12.4 Å². The Labute approximate surface area is 225 Å². The number of anilines is 3. The highest BCUT2D eigenvalue weighted by Crippen LogP contribution is 2.29. The van der Waals surface area contributed by atoms with Crippen molar-refractivity contribution in [2.24, 2.45) is 0 Å². The van der Waals surface area contributed by atoms with Crippen LogP contribution in [0.25, 0.3) is 0 Å². The summed E-state index contributed by atoms with van der Waals surface area (Å²) < 4.78 is 15.7. The summed E-state index contributed by atoms with van der Waals surface area (Å²) in [6.45, 7) is 8.39. The number of hydrogen-bond donors (Lipinski definition) is 2. The van der Waals surface area contributed by atoms with E-state index in [9.17, 15) is 9.59 Å². The highest BCUT2D eigenvalue weighted by Gasteiger charge is 2.28. The highest BCUT2D eigenvalue weighted by molar-refractivity contribution is 7.10. The van der Waals surface area contributed by atoms with E-state index >= 15 is 0 Å². The summed E-state index contributed by atoms with van der Waals surface area (Å²) in [5.74, 6) is 0.542. The predicted molar refractivity (Wildman–Crippen MR) is 143 cm³/mol. The quantitative estimate of drug-likeness (QED) is 0.451. The van der Waals surface area contributed by atoms with Crippen molar-refractivity contribution in [2.75, 3.05) is 23.7 Å². The van der Waals surface area contributed by atoms with Gasteiger partial charge in [-0.1, -0.05) is 0 Å². The van der Waals surface area contributed by atoms with Crippen molar-refractivity contribution in [2.45, 2.75) is 52.2 Å². The Hall–Kier alpha value is -4.24. The first-order valence-electron chi connectivity index (χ1n) is 12.1. The van der Waals surface area contributed by atoms with Crippen LogP contribution in [0.3, 0.4) is 0 Å². The molecule has 0 atom stereocenters. The average Bonchev–Trinajstić information content (AvgIpc) is 3.24. The van der Waals surface area contributed by atoms with Crippen molar-refractivity contribution in [3.05, 3.63) is 53.5 Å². The van der Waals surface area contributed by atoms with Gasteiger partial charge in [0.05, 0.1) is 34.8 Å². The van der Waals surface area contributed by atoms with Gasteiger partial charge in [-0.2, -0.15) is 9.64 Å². The lowest BCUT2D eigenvalue weighted by molar-refractivity contribution is 0.0123. The van der Waals surface area contributed by atoms with Crippen LogP contribution in [0.4, 0.5) is 21.3 Å². The number of rotatable bonds is 6. The molecule has 2 N–H and O–H groups in total. The summed E-state index contributed by atoms with van der Waals surface area (Å²) in [5, 5.41) is 15.5. The molecule has 1 saturated heterocycles. The second-order valence-corrected chi connectivity index (χ2v) is 10.5. The van der Waals surface area contributed by atoms with E-state index in [0.717, 1.165) is 11.5 Å². The van der Waals surface area contributed by atoms with E-state index in [2.05, 4.69) is 31.0 Å². The summed E-state index contributed by atoms with van der Waals surface area (Å²) in [4.78, 5) is 35.5. The van der Waals surface area contributed by atoms with E-state index in [4.69, 9.17) is 14.7 Å². The van der Waals surface area contributed by atoms with Crippen LogP contribution < -0.4 is 15.4 Å².